The van der Waals surface area contributed by atoms with Crippen molar-refractivity contribution in [3.63, 3.8) is 0 Å². The SMILES string of the molecule is CC(C)C(=O)O[C@H]1[C@@H](OC(=O)C(C)C)[C@](C#N)(c2ccc3c(N)ncnn23)O[C@@H]1COC(=O)C(C)(C)N. The number of rotatable bonds is 8. The van der Waals surface area contributed by atoms with Crippen LogP contribution in [-0.2, 0) is 38.9 Å². The highest BCUT2D eigenvalue weighted by Crippen LogP contribution is 2.44. The summed E-state index contributed by atoms with van der Waals surface area (Å²) < 4.78 is 24.3. The zero-order valence-electron chi connectivity index (χ0n) is 21.6. The van der Waals surface area contributed by atoms with Crippen LogP contribution >= 0.6 is 0 Å². The van der Waals surface area contributed by atoms with Crippen LogP contribution in [0.1, 0.15) is 47.2 Å². The maximum Gasteiger partial charge on any atom is 0.325 e. The summed E-state index contributed by atoms with van der Waals surface area (Å²) in [6.45, 7) is 8.97. The van der Waals surface area contributed by atoms with Crippen LogP contribution < -0.4 is 11.5 Å². The molecule has 1 fully saturated rings. The van der Waals surface area contributed by atoms with Crippen LogP contribution in [0.3, 0.4) is 0 Å². The molecule has 1 aliphatic heterocycles. The summed E-state index contributed by atoms with van der Waals surface area (Å²) in [7, 11) is 0. The van der Waals surface area contributed by atoms with Gasteiger partial charge < -0.3 is 30.4 Å². The molecule has 0 spiro atoms. The average Bonchev–Trinajstić information content (AvgIpc) is 3.38. The number of aromatic nitrogens is 3. The van der Waals surface area contributed by atoms with E-state index < -0.39 is 65.8 Å². The smallest absolute Gasteiger partial charge is 0.325 e. The lowest BCUT2D eigenvalue weighted by Gasteiger charge is -2.29. The maximum absolute atomic E-state index is 12.8. The van der Waals surface area contributed by atoms with Gasteiger partial charge in [0, 0.05) is 0 Å². The van der Waals surface area contributed by atoms with Crippen molar-refractivity contribution in [2.45, 2.75) is 71.0 Å². The summed E-state index contributed by atoms with van der Waals surface area (Å²) in [5.41, 5.74) is 8.98. The Balaban J connectivity index is 2.16. The molecule has 2 aromatic heterocycles. The van der Waals surface area contributed by atoms with Gasteiger partial charge in [-0.1, -0.05) is 27.7 Å². The Morgan fingerprint density at radius 1 is 1.19 bits per heavy atom. The quantitative estimate of drug-likeness (QED) is 0.371. The van der Waals surface area contributed by atoms with E-state index in [0.29, 0.717) is 5.52 Å². The molecule has 3 rings (SSSR count). The molecule has 4 atom stereocenters. The number of nitrogen functional groups attached to an aromatic ring is 1. The topological polar surface area (TPSA) is 194 Å². The van der Waals surface area contributed by atoms with Crippen LogP contribution in [0.25, 0.3) is 5.52 Å². The standard InChI is InChI=1S/C24H32N6O7/c1-12(2)20(31)35-17-15(9-34-22(33)23(5,6)27)37-24(10-25,18(17)36-21(32)13(3)4)16-8-7-14-19(26)28-11-29-30(14)16/h7-8,11-13,15,17-18H,9,27H2,1-6H3,(H2,26,28,29)/t15-,17-,18-,24+/m1/s1. The molecule has 37 heavy (non-hydrogen) atoms. The zero-order chi connectivity index (χ0) is 27.7. The first kappa shape index (κ1) is 27.8. The van der Waals surface area contributed by atoms with E-state index in [9.17, 15) is 19.6 Å². The van der Waals surface area contributed by atoms with Gasteiger partial charge >= 0.3 is 17.9 Å². The van der Waals surface area contributed by atoms with Crippen LogP contribution in [0.15, 0.2) is 18.5 Å². The molecule has 200 valence electrons. The van der Waals surface area contributed by atoms with E-state index in [4.69, 9.17) is 30.4 Å². The van der Waals surface area contributed by atoms with Gasteiger partial charge in [0.1, 0.15) is 36.2 Å². The third kappa shape index (κ3) is 5.35. The number of anilines is 1. The fourth-order valence-electron chi connectivity index (χ4n) is 3.68. The third-order valence-electron chi connectivity index (χ3n) is 5.77. The number of carbonyl (C=O) groups is 3. The van der Waals surface area contributed by atoms with Gasteiger partial charge in [0.05, 0.1) is 17.5 Å². The number of fused-ring (bicyclic) bond motifs is 1. The van der Waals surface area contributed by atoms with Gasteiger partial charge in [-0.2, -0.15) is 10.4 Å². The lowest BCUT2D eigenvalue weighted by atomic mass is 9.91. The number of nitriles is 1. The Morgan fingerprint density at radius 3 is 2.38 bits per heavy atom. The molecular weight excluding hydrogens is 484 g/mol. The number of hydrogen-bond acceptors (Lipinski definition) is 12. The molecular formula is C24H32N6O7. The number of ether oxygens (including phenoxy) is 4. The predicted molar refractivity (Wildman–Crippen MR) is 128 cm³/mol. The fraction of sp³-hybridized carbons (Fsp3) is 0.583. The Morgan fingerprint density at radius 2 is 1.81 bits per heavy atom. The second kappa shape index (κ2) is 10.3. The summed E-state index contributed by atoms with van der Waals surface area (Å²) in [5, 5.41) is 14.7. The first-order valence-electron chi connectivity index (χ1n) is 11.8. The van der Waals surface area contributed by atoms with E-state index >= 15 is 0 Å². The molecule has 13 nitrogen and oxygen atoms in total. The van der Waals surface area contributed by atoms with Crippen molar-refractivity contribution >= 4 is 29.2 Å². The van der Waals surface area contributed by atoms with E-state index in [1.54, 1.807) is 33.8 Å². The number of nitrogens with two attached hydrogens (primary N) is 2. The summed E-state index contributed by atoms with van der Waals surface area (Å²) in [6.07, 6.45) is -2.75. The molecule has 0 amide bonds. The lowest BCUT2D eigenvalue weighted by molar-refractivity contribution is -0.174. The molecule has 3 heterocycles. The minimum absolute atomic E-state index is 0.140. The van der Waals surface area contributed by atoms with E-state index in [1.165, 1.54) is 30.8 Å². The predicted octanol–water partition coefficient (Wildman–Crippen LogP) is 0.845. The highest BCUT2D eigenvalue weighted by Gasteiger charge is 2.63. The molecule has 0 saturated carbocycles. The Bertz CT molecular complexity index is 1230. The van der Waals surface area contributed by atoms with Crippen molar-refractivity contribution in [3.8, 4) is 6.07 Å². The van der Waals surface area contributed by atoms with Crippen molar-refractivity contribution in [2.24, 2.45) is 17.6 Å². The molecule has 0 bridgehead atoms. The van der Waals surface area contributed by atoms with Gasteiger partial charge in [0.25, 0.3) is 0 Å². The van der Waals surface area contributed by atoms with Crippen molar-refractivity contribution in [1.82, 2.24) is 14.6 Å². The Hall–Kier alpha value is -3.76. The number of esters is 3. The van der Waals surface area contributed by atoms with Gasteiger partial charge in [-0.25, -0.2) is 9.50 Å². The minimum Gasteiger partial charge on any atom is -0.461 e. The van der Waals surface area contributed by atoms with Crippen LogP contribution in [0.4, 0.5) is 5.82 Å². The van der Waals surface area contributed by atoms with Gasteiger partial charge in [-0.3, -0.25) is 14.4 Å². The molecule has 1 aliphatic rings. The van der Waals surface area contributed by atoms with E-state index in [-0.39, 0.29) is 11.5 Å². The van der Waals surface area contributed by atoms with Crippen molar-refractivity contribution in [1.29, 1.82) is 5.26 Å². The van der Waals surface area contributed by atoms with Gasteiger partial charge in [0.15, 0.2) is 18.0 Å². The first-order chi connectivity index (χ1) is 17.2. The highest BCUT2D eigenvalue weighted by atomic mass is 16.7. The normalized spacial score (nSPS) is 23.7. The van der Waals surface area contributed by atoms with Crippen molar-refractivity contribution in [3.05, 3.63) is 24.2 Å². The van der Waals surface area contributed by atoms with Crippen LogP contribution in [0.2, 0.25) is 0 Å². The van der Waals surface area contributed by atoms with Gasteiger partial charge in [0.2, 0.25) is 5.60 Å². The summed E-state index contributed by atoms with van der Waals surface area (Å²) in [5.74, 6) is -3.02. The summed E-state index contributed by atoms with van der Waals surface area (Å²) in [4.78, 5) is 41.8. The molecule has 2 aromatic rings. The Labute approximate surface area is 214 Å². The van der Waals surface area contributed by atoms with E-state index in [0.717, 1.165) is 0 Å². The number of carbonyl (C=O) groups excluding carboxylic acids is 3. The van der Waals surface area contributed by atoms with E-state index in [1.807, 2.05) is 0 Å². The van der Waals surface area contributed by atoms with Crippen LogP contribution in [-0.4, -0.2) is 63.0 Å². The molecule has 4 N–H and O–H groups in total. The molecule has 1 saturated heterocycles. The fourth-order valence-corrected chi connectivity index (χ4v) is 3.68. The lowest BCUT2D eigenvalue weighted by Crippen LogP contribution is -2.47. The Kier molecular flexibility index (Phi) is 7.75. The second-order valence-corrected chi connectivity index (χ2v) is 10.1. The van der Waals surface area contributed by atoms with Gasteiger partial charge in [-0.05, 0) is 26.0 Å². The van der Waals surface area contributed by atoms with E-state index in [2.05, 4.69) is 16.2 Å². The monoisotopic (exact) mass is 516 g/mol. The van der Waals surface area contributed by atoms with Crippen LogP contribution in [0.5, 0.6) is 0 Å². The third-order valence-corrected chi connectivity index (χ3v) is 5.77. The second-order valence-electron chi connectivity index (χ2n) is 10.1. The first-order valence-corrected chi connectivity index (χ1v) is 11.8. The molecule has 0 unspecified atom stereocenters. The molecule has 0 aliphatic carbocycles. The zero-order valence-corrected chi connectivity index (χ0v) is 21.6. The van der Waals surface area contributed by atoms with Gasteiger partial charge in [-0.15, -0.1) is 0 Å². The van der Waals surface area contributed by atoms with Crippen LogP contribution in [0, 0.1) is 23.2 Å². The largest absolute Gasteiger partial charge is 0.461 e. The average molecular weight is 517 g/mol. The van der Waals surface area contributed by atoms with Crippen molar-refractivity contribution in [2.75, 3.05) is 12.3 Å². The van der Waals surface area contributed by atoms with Crippen molar-refractivity contribution < 1.29 is 33.3 Å². The molecule has 0 aromatic carbocycles. The maximum atomic E-state index is 12.8. The minimum atomic E-state index is -2.02. The highest BCUT2D eigenvalue weighted by molar-refractivity contribution is 5.79. The number of hydrogen-bond donors (Lipinski definition) is 2. The summed E-state index contributed by atoms with van der Waals surface area (Å²) in [6, 6.07) is 5.19. The molecule has 13 heteroatoms. The summed E-state index contributed by atoms with van der Waals surface area (Å²) >= 11 is 0. The molecule has 0 radical (unpaired) electrons. The number of nitrogens with zero attached hydrogens (tertiary/aromatic N) is 4.